The molecule has 3 atom stereocenters. The third-order valence-electron chi connectivity index (χ3n) is 7.40. The molecular formula is C29H30F2N2O3. The highest BCUT2D eigenvalue weighted by atomic mass is 19.1. The molecule has 0 spiro atoms. The Morgan fingerprint density at radius 1 is 0.972 bits per heavy atom. The van der Waals surface area contributed by atoms with Crippen molar-refractivity contribution < 1.29 is 23.0 Å². The molecule has 0 N–H and O–H groups in total. The molecule has 1 amide bonds. The molecule has 3 aromatic carbocycles. The van der Waals surface area contributed by atoms with Gasteiger partial charge in [-0.2, -0.15) is 0 Å². The Bertz CT molecular complexity index is 1210. The van der Waals surface area contributed by atoms with E-state index < -0.39 is 11.6 Å². The van der Waals surface area contributed by atoms with Gasteiger partial charge in [-0.05, 0) is 35.7 Å². The maximum absolute atomic E-state index is 14.9. The molecule has 0 radical (unpaired) electrons. The van der Waals surface area contributed by atoms with Crippen molar-refractivity contribution in [1.82, 2.24) is 9.80 Å². The predicted octanol–water partition coefficient (Wildman–Crippen LogP) is 4.87. The molecule has 7 heteroatoms. The van der Waals surface area contributed by atoms with E-state index in [1.54, 1.807) is 25.3 Å². The number of likely N-dealkylation sites (tertiary alicyclic amines) is 2. The molecule has 5 nitrogen and oxygen atoms in total. The van der Waals surface area contributed by atoms with Crippen molar-refractivity contribution >= 4 is 5.91 Å². The SMILES string of the molecule is COc1ccccc1OCC(=O)N1CC[C@@H]2[C@H](C1)[C@@H](c1ccc(F)cc1F)CN2Cc1ccccc1. The fourth-order valence-corrected chi connectivity index (χ4v) is 5.67. The first-order valence-corrected chi connectivity index (χ1v) is 12.3. The molecule has 36 heavy (non-hydrogen) atoms. The zero-order valence-corrected chi connectivity index (χ0v) is 20.3. The van der Waals surface area contributed by atoms with E-state index in [0.29, 0.717) is 36.7 Å². The lowest BCUT2D eigenvalue weighted by Gasteiger charge is -2.39. The molecule has 0 aromatic heterocycles. The molecular weight excluding hydrogens is 462 g/mol. The molecule has 2 fully saturated rings. The van der Waals surface area contributed by atoms with Gasteiger partial charge in [0.2, 0.25) is 0 Å². The highest BCUT2D eigenvalue weighted by Crippen LogP contribution is 2.43. The number of rotatable bonds is 7. The summed E-state index contributed by atoms with van der Waals surface area (Å²) in [5, 5.41) is 0. The van der Waals surface area contributed by atoms with Crippen LogP contribution < -0.4 is 9.47 Å². The zero-order valence-electron chi connectivity index (χ0n) is 20.3. The standard InChI is InChI=1S/C29H30F2N2O3/c1-35-27-9-5-6-10-28(27)36-19-29(34)32-14-13-26-24(18-32)23(22-12-11-21(30)15-25(22)31)17-33(26)16-20-7-3-2-4-8-20/h2-12,15,23-24,26H,13-14,16-19H2,1H3/t23-,24-,26-/m1/s1. The van der Waals surface area contributed by atoms with E-state index in [0.717, 1.165) is 19.0 Å². The Hall–Kier alpha value is -3.45. The predicted molar refractivity (Wildman–Crippen MR) is 133 cm³/mol. The molecule has 188 valence electrons. The average molecular weight is 493 g/mol. The number of nitrogens with zero attached hydrogens (tertiary/aromatic N) is 2. The number of fused-ring (bicyclic) bond motifs is 1. The number of carbonyl (C=O) groups is 1. The molecule has 0 saturated carbocycles. The highest BCUT2D eigenvalue weighted by Gasteiger charge is 2.46. The smallest absolute Gasteiger partial charge is 0.260 e. The number of hydrogen-bond acceptors (Lipinski definition) is 4. The summed E-state index contributed by atoms with van der Waals surface area (Å²) < 4.78 is 39.6. The Balaban J connectivity index is 1.33. The van der Waals surface area contributed by atoms with Crippen LogP contribution >= 0.6 is 0 Å². The van der Waals surface area contributed by atoms with Crippen molar-refractivity contribution in [3.05, 3.63) is 95.6 Å². The molecule has 2 aliphatic heterocycles. The van der Waals surface area contributed by atoms with Crippen molar-refractivity contribution in [2.75, 3.05) is 33.4 Å². The number of methoxy groups -OCH3 is 1. The van der Waals surface area contributed by atoms with Gasteiger partial charge in [-0.3, -0.25) is 9.69 Å². The van der Waals surface area contributed by atoms with Gasteiger partial charge in [-0.25, -0.2) is 8.78 Å². The number of halogens is 2. The first-order valence-electron chi connectivity index (χ1n) is 12.3. The molecule has 5 rings (SSSR count). The van der Waals surface area contributed by atoms with Crippen LogP contribution in [0.3, 0.4) is 0 Å². The van der Waals surface area contributed by atoms with Crippen LogP contribution in [0.1, 0.15) is 23.5 Å². The summed E-state index contributed by atoms with van der Waals surface area (Å²) in [4.78, 5) is 17.3. The summed E-state index contributed by atoms with van der Waals surface area (Å²) in [6, 6.07) is 21.5. The van der Waals surface area contributed by atoms with E-state index in [1.807, 2.05) is 35.2 Å². The number of para-hydroxylation sites is 2. The van der Waals surface area contributed by atoms with E-state index >= 15 is 0 Å². The maximum Gasteiger partial charge on any atom is 0.260 e. The normalized spacial score (nSPS) is 21.8. The second-order valence-electron chi connectivity index (χ2n) is 9.49. The number of hydrogen-bond donors (Lipinski definition) is 0. The first-order chi connectivity index (χ1) is 17.5. The lowest BCUT2D eigenvalue weighted by atomic mass is 9.81. The van der Waals surface area contributed by atoms with E-state index in [4.69, 9.17) is 9.47 Å². The van der Waals surface area contributed by atoms with Gasteiger partial charge in [0.1, 0.15) is 11.6 Å². The molecule has 2 saturated heterocycles. The second kappa shape index (κ2) is 10.7. The van der Waals surface area contributed by atoms with Gasteiger partial charge in [0.15, 0.2) is 18.1 Å². The molecule has 0 unspecified atom stereocenters. The van der Waals surface area contributed by atoms with Gasteiger partial charge in [0.25, 0.3) is 5.91 Å². The van der Waals surface area contributed by atoms with Gasteiger partial charge < -0.3 is 14.4 Å². The van der Waals surface area contributed by atoms with E-state index in [1.165, 1.54) is 11.6 Å². The summed E-state index contributed by atoms with van der Waals surface area (Å²) in [5.41, 5.74) is 1.71. The topological polar surface area (TPSA) is 42.0 Å². The lowest BCUT2D eigenvalue weighted by molar-refractivity contribution is -0.135. The first kappa shape index (κ1) is 24.3. The van der Waals surface area contributed by atoms with Crippen LogP contribution in [0.4, 0.5) is 8.78 Å². The van der Waals surface area contributed by atoms with Crippen molar-refractivity contribution in [2.45, 2.75) is 24.9 Å². The van der Waals surface area contributed by atoms with Crippen LogP contribution in [0.15, 0.2) is 72.8 Å². The Morgan fingerprint density at radius 3 is 2.47 bits per heavy atom. The Kier molecular flexibility index (Phi) is 7.18. The van der Waals surface area contributed by atoms with Crippen LogP contribution in [0.5, 0.6) is 11.5 Å². The number of ether oxygens (including phenoxy) is 2. The minimum Gasteiger partial charge on any atom is -0.493 e. The van der Waals surface area contributed by atoms with Gasteiger partial charge in [0, 0.05) is 50.1 Å². The fourth-order valence-electron chi connectivity index (χ4n) is 5.67. The van der Waals surface area contributed by atoms with Crippen molar-refractivity contribution in [3.8, 4) is 11.5 Å². The van der Waals surface area contributed by atoms with Crippen molar-refractivity contribution in [2.24, 2.45) is 5.92 Å². The third-order valence-corrected chi connectivity index (χ3v) is 7.40. The number of amides is 1. The highest BCUT2D eigenvalue weighted by molar-refractivity contribution is 5.78. The second-order valence-corrected chi connectivity index (χ2v) is 9.49. The molecule has 0 aliphatic carbocycles. The summed E-state index contributed by atoms with van der Waals surface area (Å²) in [6.07, 6.45) is 0.789. The lowest BCUT2D eigenvalue weighted by Crippen LogP contribution is -2.49. The Morgan fingerprint density at radius 2 is 1.72 bits per heavy atom. The average Bonchev–Trinajstić information content (AvgIpc) is 3.25. The quantitative estimate of drug-likeness (QED) is 0.472. The largest absolute Gasteiger partial charge is 0.493 e. The molecule has 2 heterocycles. The van der Waals surface area contributed by atoms with Crippen LogP contribution in [-0.4, -0.2) is 55.1 Å². The monoisotopic (exact) mass is 492 g/mol. The number of benzene rings is 3. The summed E-state index contributed by atoms with van der Waals surface area (Å²) in [5.74, 6) is -0.223. The van der Waals surface area contributed by atoms with Gasteiger partial charge in [-0.15, -0.1) is 0 Å². The summed E-state index contributed by atoms with van der Waals surface area (Å²) >= 11 is 0. The van der Waals surface area contributed by atoms with Gasteiger partial charge >= 0.3 is 0 Å². The molecule has 2 aliphatic rings. The van der Waals surface area contributed by atoms with Crippen LogP contribution in [0, 0.1) is 17.6 Å². The van der Waals surface area contributed by atoms with E-state index in [9.17, 15) is 13.6 Å². The van der Waals surface area contributed by atoms with Gasteiger partial charge in [-0.1, -0.05) is 48.5 Å². The third kappa shape index (κ3) is 5.07. The van der Waals surface area contributed by atoms with Crippen LogP contribution in [0.25, 0.3) is 0 Å². The van der Waals surface area contributed by atoms with Crippen LogP contribution in [0.2, 0.25) is 0 Å². The van der Waals surface area contributed by atoms with Gasteiger partial charge in [0.05, 0.1) is 7.11 Å². The number of carbonyl (C=O) groups excluding carboxylic acids is 1. The summed E-state index contributed by atoms with van der Waals surface area (Å²) in [7, 11) is 1.56. The van der Waals surface area contributed by atoms with E-state index in [-0.39, 0.29) is 30.4 Å². The van der Waals surface area contributed by atoms with Crippen molar-refractivity contribution in [3.63, 3.8) is 0 Å². The Labute approximate surface area is 210 Å². The van der Waals surface area contributed by atoms with Crippen molar-refractivity contribution in [1.29, 1.82) is 0 Å². The minimum absolute atomic E-state index is 0.0395. The molecule has 3 aromatic rings. The summed E-state index contributed by atoms with van der Waals surface area (Å²) in [6.45, 7) is 2.44. The maximum atomic E-state index is 14.9. The van der Waals surface area contributed by atoms with Crippen LogP contribution in [-0.2, 0) is 11.3 Å². The molecule has 0 bridgehead atoms. The fraction of sp³-hybridized carbons (Fsp3) is 0.345. The number of piperidine rings is 1. The minimum atomic E-state index is -0.583. The van der Waals surface area contributed by atoms with E-state index in [2.05, 4.69) is 17.0 Å². The zero-order chi connectivity index (χ0) is 25.1.